The summed E-state index contributed by atoms with van der Waals surface area (Å²) in [5.41, 5.74) is 0.651. The molecule has 0 aliphatic carbocycles. The fourth-order valence-electron chi connectivity index (χ4n) is 3.69. The number of amides is 1. The van der Waals surface area contributed by atoms with Crippen molar-refractivity contribution >= 4 is 35.0 Å². The van der Waals surface area contributed by atoms with E-state index in [4.69, 9.17) is 25.9 Å². The molecule has 1 aliphatic rings. The van der Waals surface area contributed by atoms with Crippen LogP contribution in [-0.4, -0.2) is 39.9 Å². The second-order valence-corrected chi connectivity index (χ2v) is 7.70. The monoisotopic (exact) mass is 467 g/mol. The molecule has 2 N–H and O–H groups in total. The highest BCUT2D eigenvalue weighted by Crippen LogP contribution is 2.41. The molecule has 0 saturated carbocycles. The Hall–Kier alpha value is -4.04. The van der Waals surface area contributed by atoms with Gasteiger partial charge in [0.05, 0.1) is 29.5 Å². The van der Waals surface area contributed by atoms with Crippen molar-refractivity contribution in [3.05, 3.63) is 93.9 Å². The maximum absolute atomic E-state index is 13.0. The van der Waals surface area contributed by atoms with Gasteiger partial charge in [-0.2, -0.15) is 0 Å². The summed E-state index contributed by atoms with van der Waals surface area (Å²) in [5.74, 6) is -2.58. The number of halogens is 1. The molecule has 1 amide bonds. The third-order valence-electron chi connectivity index (χ3n) is 5.34. The van der Waals surface area contributed by atoms with E-state index >= 15 is 0 Å². The van der Waals surface area contributed by atoms with Crippen molar-refractivity contribution in [3.63, 3.8) is 0 Å². The Labute approximate surface area is 193 Å². The van der Waals surface area contributed by atoms with E-state index < -0.39 is 29.5 Å². The molecule has 0 spiro atoms. The van der Waals surface area contributed by atoms with E-state index in [2.05, 4.69) is 0 Å². The number of Topliss-reactive ketones (excluding diaryl/α,β-unsaturated/α-hetero) is 1. The van der Waals surface area contributed by atoms with Crippen molar-refractivity contribution in [2.75, 3.05) is 7.11 Å². The standard InChI is InChI=1S/C24H18ClNO7/c1-32-15-8-9-17(25)16(11-15)21(27)19-20(18-3-2-10-33-18)26(23(29)22(19)28)12-13-4-6-14(7-5-13)24(30)31/h2-11,20,27H,12H2,1H3,(H,30,31)/b21-19-. The number of aliphatic hydroxyl groups excluding tert-OH is 1. The summed E-state index contributed by atoms with van der Waals surface area (Å²) in [7, 11) is 1.45. The average Bonchev–Trinajstić information content (AvgIpc) is 3.42. The van der Waals surface area contributed by atoms with Gasteiger partial charge in [0.25, 0.3) is 11.7 Å². The molecule has 9 heteroatoms. The van der Waals surface area contributed by atoms with Gasteiger partial charge in [-0.25, -0.2) is 4.79 Å². The number of ketones is 1. The number of methoxy groups -OCH3 is 1. The topological polar surface area (TPSA) is 117 Å². The number of likely N-dealkylation sites (tertiary alicyclic amines) is 1. The molecule has 1 saturated heterocycles. The van der Waals surface area contributed by atoms with E-state index in [9.17, 15) is 19.5 Å². The Kier molecular flexibility index (Phi) is 5.93. The summed E-state index contributed by atoms with van der Waals surface area (Å²) < 4.78 is 10.7. The number of aliphatic hydroxyl groups is 1. The number of nitrogens with zero attached hydrogens (tertiary/aromatic N) is 1. The van der Waals surface area contributed by atoms with Gasteiger partial charge in [-0.1, -0.05) is 23.7 Å². The molecule has 2 heterocycles. The Morgan fingerprint density at radius 3 is 2.45 bits per heavy atom. The van der Waals surface area contributed by atoms with Gasteiger partial charge in [-0.05, 0) is 48.0 Å². The van der Waals surface area contributed by atoms with Gasteiger partial charge >= 0.3 is 5.97 Å². The van der Waals surface area contributed by atoms with Gasteiger partial charge in [0.1, 0.15) is 23.3 Å². The Morgan fingerprint density at radius 2 is 1.85 bits per heavy atom. The third kappa shape index (κ3) is 4.08. The fourth-order valence-corrected chi connectivity index (χ4v) is 3.90. The van der Waals surface area contributed by atoms with Crippen molar-refractivity contribution in [1.29, 1.82) is 0 Å². The van der Waals surface area contributed by atoms with Gasteiger partial charge in [0.2, 0.25) is 0 Å². The zero-order valence-corrected chi connectivity index (χ0v) is 18.1. The zero-order valence-electron chi connectivity index (χ0n) is 17.3. The van der Waals surface area contributed by atoms with E-state index in [1.807, 2.05) is 0 Å². The lowest BCUT2D eigenvalue weighted by molar-refractivity contribution is -0.140. The maximum atomic E-state index is 13.0. The fraction of sp³-hybridized carbons (Fsp3) is 0.125. The van der Waals surface area contributed by atoms with Gasteiger partial charge in [-0.15, -0.1) is 0 Å². The van der Waals surface area contributed by atoms with Crippen LogP contribution in [0.4, 0.5) is 0 Å². The molecule has 1 fully saturated rings. The van der Waals surface area contributed by atoms with Crippen LogP contribution < -0.4 is 4.74 Å². The molecule has 1 aliphatic heterocycles. The number of carbonyl (C=O) groups is 3. The number of carbonyl (C=O) groups excluding carboxylic acids is 2. The molecule has 8 nitrogen and oxygen atoms in total. The minimum absolute atomic E-state index is 0.0154. The number of rotatable bonds is 6. The second-order valence-electron chi connectivity index (χ2n) is 7.29. The van der Waals surface area contributed by atoms with Crippen LogP contribution in [0.2, 0.25) is 5.02 Å². The first-order valence-electron chi connectivity index (χ1n) is 9.79. The Balaban J connectivity index is 1.81. The summed E-state index contributed by atoms with van der Waals surface area (Å²) in [4.78, 5) is 38.4. The first-order valence-corrected chi connectivity index (χ1v) is 10.2. The van der Waals surface area contributed by atoms with Gasteiger partial charge in [0.15, 0.2) is 0 Å². The predicted molar refractivity (Wildman–Crippen MR) is 118 cm³/mol. The van der Waals surface area contributed by atoms with Crippen LogP contribution in [0.5, 0.6) is 5.75 Å². The summed E-state index contributed by atoms with van der Waals surface area (Å²) in [6.45, 7) is -0.0154. The van der Waals surface area contributed by atoms with Crippen LogP contribution in [0.25, 0.3) is 5.76 Å². The summed E-state index contributed by atoms with van der Waals surface area (Å²) in [5, 5.41) is 20.4. The smallest absolute Gasteiger partial charge is 0.335 e. The normalized spacial score (nSPS) is 17.4. The molecule has 2 aromatic carbocycles. The van der Waals surface area contributed by atoms with Gasteiger partial charge in [-0.3, -0.25) is 9.59 Å². The van der Waals surface area contributed by atoms with Gasteiger partial charge in [0, 0.05) is 12.1 Å². The minimum atomic E-state index is -1.08. The van der Waals surface area contributed by atoms with E-state index in [1.54, 1.807) is 30.3 Å². The summed E-state index contributed by atoms with van der Waals surface area (Å²) in [6.07, 6.45) is 1.40. The molecule has 1 atom stereocenters. The number of furan rings is 1. The third-order valence-corrected chi connectivity index (χ3v) is 5.66. The first-order chi connectivity index (χ1) is 15.8. The quantitative estimate of drug-likeness (QED) is 0.316. The second kappa shape index (κ2) is 8.84. The summed E-state index contributed by atoms with van der Waals surface area (Å²) in [6, 6.07) is 12.7. The lowest BCUT2D eigenvalue weighted by atomic mass is 9.99. The largest absolute Gasteiger partial charge is 0.507 e. The molecule has 168 valence electrons. The Bertz CT molecular complexity index is 1260. The highest BCUT2D eigenvalue weighted by atomic mass is 35.5. The van der Waals surface area contributed by atoms with Crippen LogP contribution in [0.3, 0.4) is 0 Å². The molecule has 1 unspecified atom stereocenters. The zero-order chi connectivity index (χ0) is 23.7. The maximum Gasteiger partial charge on any atom is 0.335 e. The van der Waals surface area contributed by atoms with Gasteiger partial charge < -0.3 is 24.3 Å². The number of hydrogen-bond donors (Lipinski definition) is 2. The number of ether oxygens (including phenoxy) is 1. The summed E-state index contributed by atoms with van der Waals surface area (Å²) >= 11 is 6.26. The molecule has 33 heavy (non-hydrogen) atoms. The number of hydrogen-bond acceptors (Lipinski definition) is 6. The van der Waals surface area contributed by atoms with E-state index in [0.29, 0.717) is 11.3 Å². The average molecular weight is 468 g/mol. The van der Waals surface area contributed by atoms with Crippen LogP contribution in [0.1, 0.15) is 33.3 Å². The Morgan fingerprint density at radius 1 is 1.12 bits per heavy atom. The van der Waals surface area contributed by atoms with Crippen LogP contribution >= 0.6 is 11.6 Å². The van der Waals surface area contributed by atoms with E-state index in [1.165, 1.54) is 42.5 Å². The molecule has 1 aromatic heterocycles. The van der Waals surface area contributed by atoms with Crippen LogP contribution in [-0.2, 0) is 16.1 Å². The predicted octanol–water partition coefficient (Wildman–Crippen LogP) is 4.26. The highest BCUT2D eigenvalue weighted by Gasteiger charge is 2.47. The molecule has 4 rings (SSSR count). The van der Waals surface area contributed by atoms with Crippen molar-refractivity contribution in [2.45, 2.75) is 12.6 Å². The lowest BCUT2D eigenvalue weighted by Gasteiger charge is -2.23. The molecule has 0 radical (unpaired) electrons. The number of carboxylic acid groups (broad SMARTS) is 1. The molecule has 0 bridgehead atoms. The SMILES string of the molecule is COc1ccc(Cl)c(/C(O)=C2/C(=O)C(=O)N(Cc3ccc(C(=O)O)cc3)C2c2ccco2)c1. The van der Waals surface area contributed by atoms with Crippen molar-refractivity contribution in [1.82, 2.24) is 4.90 Å². The van der Waals surface area contributed by atoms with E-state index in [0.717, 1.165) is 0 Å². The number of benzene rings is 2. The minimum Gasteiger partial charge on any atom is -0.507 e. The van der Waals surface area contributed by atoms with Crippen LogP contribution in [0.15, 0.2) is 70.9 Å². The van der Waals surface area contributed by atoms with E-state index in [-0.39, 0.29) is 34.0 Å². The lowest BCUT2D eigenvalue weighted by Crippen LogP contribution is -2.29. The number of aromatic carboxylic acids is 1. The molecule has 3 aromatic rings. The molecular formula is C24H18ClNO7. The number of carboxylic acids is 1. The molecular weight excluding hydrogens is 450 g/mol. The highest BCUT2D eigenvalue weighted by molar-refractivity contribution is 6.46. The van der Waals surface area contributed by atoms with Crippen LogP contribution in [0, 0.1) is 0 Å². The first kappa shape index (κ1) is 22.2. The van der Waals surface area contributed by atoms with Crippen molar-refractivity contribution in [2.24, 2.45) is 0 Å². The van der Waals surface area contributed by atoms with Crippen molar-refractivity contribution in [3.8, 4) is 5.75 Å². The van der Waals surface area contributed by atoms with Crippen molar-refractivity contribution < 1.29 is 33.8 Å².